The van der Waals surface area contributed by atoms with Crippen LogP contribution >= 0.6 is 0 Å². The lowest BCUT2D eigenvalue weighted by atomic mass is 10.0. The van der Waals surface area contributed by atoms with Gasteiger partial charge in [-0.15, -0.1) is 0 Å². The van der Waals surface area contributed by atoms with E-state index in [1.807, 2.05) is 13.0 Å². The van der Waals surface area contributed by atoms with Gasteiger partial charge >= 0.3 is 0 Å². The van der Waals surface area contributed by atoms with Gasteiger partial charge in [-0.05, 0) is 31.8 Å². The molecule has 0 saturated heterocycles. The quantitative estimate of drug-likeness (QED) is 0.415. The Kier molecular flexibility index (Phi) is 6.99. The maximum Gasteiger partial charge on any atom is -0.0242 e. The summed E-state index contributed by atoms with van der Waals surface area (Å²) in [6.07, 6.45) is 11.3. The van der Waals surface area contributed by atoms with Crippen LogP contribution in [0.1, 0.15) is 33.1 Å². The Hall–Kier alpha value is -1.04. The lowest BCUT2D eigenvalue weighted by Gasteiger charge is -2.02. The van der Waals surface area contributed by atoms with Gasteiger partial charge in [0.2, 0.25) is 0 Å². The smallest absolute Gasteiger partial charge is 0.0242 e. The highest BCUT2D eigenvalue weighted by Crippen LogP contribution is 2.13. The van der Waals surface area contributed by atoms with Crippen molar-refractivity contribution in [3.63, 3.8) is 0 Å². The summed E-state index contributed by atoms with van der Waals surface area (Å²) in [6.45, 7) is 11.9. The van der Waals surface area contributed by atoms with Gasteiger partial charge in [-0.3, -0.25) is 0 Å². The third kappa shape index (κ3) is 6.15. The monoisotopic (exact) mass is 176 g/mol. The van der Waals surface area contributed by atoms with E-state index in [1.54, 1.807) is 0 Å². The molecule has 0 saturated carbocycles. The van der Waals surface area contributed by atoms with Gasteiger partial charge in [0, 0.05) is 0 Å². The van der Waals surface area contributed by atoms with Crippen LogP contribution in [0.5, 0.6) is 0 Å². The first-order valence-electron chi connectivity index (χ1n) is 4.85. The molecule has 0 amide bonds. The van der Waals surface area contributed by atoms with Crippen LogP contribution in [0.3, 0.4) is 0 Å². The normalized spacial score (nSPS) is 12.0. The molecule has 72 valence electrons. The van der Waals surface area contributed by atoms with Crippen molar-refractivity contribution in [3.8, 4) is 0 Å². The summed E-state index contributed by atoms with van der Waals surface area (Å²) < 4.78 is 0. The molecule has 0 fully saturated rings. The van der Waals surface area contributed by atoms with E-state index in [0.29, 0.717) is 0 Å². The molecule has 0 aromatic heterocycles. The second-order valence-corrected chi connectivity index (χ2v) is 3.08. The van der Waals surface area contributed by atoms with Crippen LogP contribution in [-0.2, 0) is 0 Å². The standard InChI is InChI=1S/C13H20/c1-5-8-13(9-6-2)11-10-12(4)7-3/h5-6,8-9H,1,4,7,10-11H2,2-3H3/b9-6-,13-8+. The van der Waals surface area contributed by atoms with Crippen molar-refractivity contribution in [2.75, 3.05) is 0 Å². The van der Waals surface area contributed by atoms with Gasteiger partial charge in [0.05, 0.1) is 0 Å². The summed E-state index contributed by atoms with van der Waals surface area (Å²) >= 11 is 0. The molecule has 0 heterocycles. The number of rotatable bonds is 6. The van der Waals surface area contributed by atoms with E-state index in [-0.39, 0.29) is 0 Å². The average Bonchev–Trinajstić information content (AvgIpc) is 2.14. The van der Waals surface area contributed by atoms with Gasteiger partial charge in [0.15, 0.2) is 0 Å². The molecular weight excluding hydrogens is 156 g/mol. The zero-order valence-electron chi connectivity index (χ0n) is 8.84. The molecule has 0 unspecified atom stereocenters. The van der Waals surface area contributed by atoms with Gasteiger partial charge in [-0.25, -0.2) is 0 Å². The maximum atomic E-state index is 3.99. The van der Waals surface area contributed by atoms with Crippen LogP contribution < -0.4 is 0 Å². The highest BCUT2D eigenvalue weighted by atomic mass is 14.0. The van der Waals surface area contributed by atoms with Gasteiger partial charge < -0.3 is 0 Å². The van der Waals surface area contributed by atoms with E-state index in [9.17, 15) is 0 Å². The van der Waals surface area contributed by atoms with E-state index in [4.69, 9.17) is 0 Å². The second-order valence-electron chi connectivity index (χ2n) is 3.08. The zero-order chi connectivity index (χ0) is 10.1. The largest absolute Gasteiger partial charge is 0.0999 e. The Bertz CT molecular complexity index is 216. The topological polar surface area (TPSA) is 0 Å². The Morgan fingerprint density at radius 1 is 1.31 bits per heavy atom. The van der Waals surface area contributed by atoms with Crippen molar-refractivity contribution < 1.29 is 0 Å². The predicted molar refractivity (Wildman–Crippen MR) is 61.8 cm³/mol. The Morgan fingerprint density at radius 3 is 2.46 bits per heavy atom. The third-order valence-electron chi connectivity index (χ3n) is 1.98. The minimum atomic E-state index is 1.07. The first-order chi connectivity index (χ1) is 6.24. The lowest BCUT2D eigenvalue weighted by molar-refractivity contribution is 0.893. The van der Waals surface area contributed by atoms with Gasteiger partial charge in [0.1, 0.15) is 0 Å². The molecule has 0 aliphatic carbocycles. The third-order valence-corrected chi connectivity index (χ3v) is 1.98. The van der Waals surface area contributed by atoms with E-state index in [0.717, 1.165) is 19.3 Å². The fraction of sp³-hybridized carbons (Fsp3) is 0.385. The van der Waals surface area contributed by atoms with Crippen LogP contribution in [0.15, 0.2) is 48.6 Å². The zero-order valence-corrected chi connectivity index (χ0v) is 8.84. The lowest BCUT2D eigenvalue weighted by Crippen LogP contribution is -1.83. The highest BCUT2D eigenvalue weighted by Gasteiger charge is 1.94. The molecule has 0 spiro atoms. The molecule has 0 aliphatic rings. The fourth-order valence-corrected chi connectivity index (χ4v) is 1.09. The van der Waals surface area contributed by atoms with E-state index >= 15 is 0 Å². The highest BCUT2D eigenvalue weighted by molar-refractivity contribution is 5.23. The molecule has 0 aromatic carbocycles. The summed E-state index contributed by atoms with van der Waals surface area (Å²) in [7, 11) is 0. The Morgan fingerprint density at radius 2 is 2.00 bits per heavy atom. The Balaban J connectivity index is 4.04. The van der Waals surface area contributed by atoms with Gasteiger partial charge in [-0.1, -0.05) is 50.0 Å². The molecule has 13 heavy (non-hydrogen) atoms. The van der Waals surface area contributed by atoms with Crippen molar-refractivity contribution in [2.45, 2.75) is 33.1 Å². The summed E-state index contributed by atoms with van der Waals surface area (Å²) in [5.41, 5.74) is 2.64. The van der Waals surface area contributed by atoms with Gasteiger partial charge in [0.25, 0.3) is 0 Å². The molecule has 0 heteroatoms. The minimum Gasteiger partial charge on any atom is -0.0999 e. The summed E-state index contributed by atoms with van der Waals surface area (Å²) in [5, 5.41) is 0. The van der Waals surface area contributed by atoms with Crippen molar-refractivity contribution in [3.05, 3.63) is 48.6 Å². The number of allylic oxidation sites excluding steroid dienone is 6. The van der Waals surface area contributed by atoms with Gasteiger partial charge in [-0.2, -0.15) is 0 Å². The van der Waals surface area contributed by atoms with Crippen molar-refractivity contribution >= 4 is 0 Å². The molecule has 0 rings (SSSR count). The molecule has 0 bridgehead atoms. The summed E-state index contributed by atoms with van der Waals surface area (Å²) in [4.78, 5) is 0. The molecule has 0 N–H and O–H groups in total. The SMILES string of the molecule is C=C/C=C(\C=C/C)CCC(=C)CC. The van der Waals surface area contributed by atoms with Crippen LogP contribution in [-0.4, -0.2) is 0 Å². The maximum absolute atomic E-state index is 3.99. The van der Waals surface area contributed by atoms with Crippen LogP contribution in [0.4, 0.5) is 0 Å². The molecular formula is C13H20. The van der Waals surface area contributed by atoms with Crippen LogP contribution in [0.2, 0.25) is 0 Å². The molecule has 0 aliphatic heterocycles. The first kappa shape index (κ1) is 12.0. The van der Waals surface area contributed by atoms with Crippen molar-refractivity contribution in [1.82, 2.24) is 0 Å². The summed E-state index contributed by atoms with van der Waals surface area (Å²) in [6, 6.07) is 0. The van der Waals surface area contributed by atoms with Crippen molar-refractivity contribution in [1.29, 1.82) is 0 Å². The molecule has 0 atom stereocenters. The predicted octanol–water partition coefficient (Wildman–Crippen LogP) is 4.42. The summed E-state index contributed by atoms with van der Waals surface area (Å²) in [5.74, 6) is 0. The molecule has 0 radical (unpaired) electrons. The van der Waals surface area contributed by atoms with E-state index in [1.165, 1.54) is 11.1 Å². The second kappa shape index (κ2) is 7.60. The molecule has 0 aromatic rings. The van der Waals surface area contributed by atoms with Crippen LogP contribution in [0.25, 0.3) is 0 Å². The van der Waals surface area contributed by atoms with E-state index in [2.05, 4.69) is 38.3 Å². The number of hydrogen-bond acceptors (Lipinski definition) is 0. The first-order valence-corrected chi connectivity index (χ1v) is 4.85. The van der Waals surface area contributed by atoms with Crippen molar-refractivity contribution in [2.24, 2.45) is 0 Å². The average molecular weight is 176 g/mol. The van der Waals surface area contributed by atoms with E-state index < -0.39 is 0 Å². The Labute approximate surface area is 82.4 Å². The molecule has 0 nitrogen and oxygen atoms in total. The van der Waals surface area contributed by atoms with Crippen LogP contribution in [0, 0.1) is 0 Å². The fourth-order valence-electron chi connectivity index (χ4n) is 1.09. The number of hydrogen-bond donors (Lipinski definition) is 0. The minimum absolute atomic E-state index is 1.07.